The van der Waals surface area contributed by atoms with Crippen molar-refractivity contribution in [2.75, 3.05) is 30.4 Å². The Labute approximate surface area is 117 Å². The molecule has 1 fully saturated rings. The monoisotopic (exact) mass is 274 g/mol. The lowest BCUT2D eigenvalue weighted by atomic mass is 10.1. The molecule has 2 heterocycles. The van der Waals surface area contributed by atoms with Gasteiger partial charge in [-0.3, -0.25) is 0 Å². The van der Waals surface area contributed by atoms with Gasteiger partial charge in [0.2, 0.25) is 5.95 Å². The molecule has 1 saturated heterocycles. The standard InChI is InChI=1S/C14H18N4O2/c1-9-8-20-10(7-19)6-18(9)13-11-4-2-3-5-12(11)16-14(15)17-13/h2-5,9-10,19H,6-8H2,1H3,(H2,15,16,17). The van der Waals surface area contributed by atoms with Gasteiger partial charge in [-0.15, -0.1) is 0 Å². The maximum atomic E-state index is 9.30. The number of nitrogens with two attached hydrogens (primary N) is 1. The fourth-order valence-electron chi connectivity index (χ4n) is 2.52. The van der Waals surface area contributed by atoms with Crippen molar-refractivity contribution in [1.29, 1.82) is 0 Å². The van der Waals surface area contributed by atoms with Gasteiger partial charge in [-0.05, 0) is 19.1 Å². The Morgan fingerprint density at radius 3 is 3.00 bits per heavy atom. The molecule has 0 radical (unpaired) electrons. The second kappa shape index (κ2) is 5.22. The highest BCUT2D eigenvalue weighted by Gasteiger charge is 2.28. The third-order valence-corrected chi connectivity index (χ3v) is 3.58. The lowest BCUT2D eigenvalue weighted by molar-refractivity contribution is -0.0104. The molecule has 6 heteroatoms. The fraction of sp³-hybridized carbons (Fsp3) is 0.429. The molecule has 0 saturated carbocycles. The third kappa shape index (κ3) is 2.28. The van der Waals surface area contributed by atoms with Crippen LogP contribution >= 0.6 is 0 Å². The number of rotatable bonds is 2. The SMILES string of the molecule is CC1COC(CO)CN1c1nc(N)nc2ccccc12. The lowest BCUT2D eigenvalue weighted by Gasteiger charge is -2.38. The summed E-state index contributed by atoms with van der Waals surface area (Å²) in [4.78, 5) is 10.8. The quantitative estimate of drug-likeness (QED) is 0.842. The molecule has 2 aromatic rings. The van der Waals surface area contributed by atoms with E-state index in [1.807, 2.05) is 24.3 Å². The smallest absolute Gasteiger partial charge is 0.222 e. The summed E-state index contributed by atoms with van der Waals surface area (Å²) in [5, 5.41) is 10.3. The number of aromatic nitrogens is 2. The van der Waals surface area contributed by atoms with Crippen LogP contribution in [0.25, 0.3) is 10.9 Å². The maximum absolute atomic E-state index is 9.30. The van der Waals surface area contributed by atoms with Gasteiger partial charge in [0.25, 0.3) is 0 Å². The van der Waals surface area contributed by atoms with E-state index in [0.717, 1.165) is 16.7 Å². The molecule has 0 spiro atoms. The molecular formula is C14H18N4O2. The number of nitrogens with zero attached hydrogens (tertiary/aromatic N) is 3. The molecule has 1 aromatic heterocycles. The van der Waals surface area contributed by atoms with Crippen LogP contribution in [0.15, 0.2) is 24.3 Å². The van der Waals surface area contributed by atoms with E-state index >= 15 is 0 Å². The van der Waals surface area contributed by atoms with E-state index in [2.05, 4.69) is 21.8 Å². The van der Waals surface area contributed by atoms with Crippen LogP contribution < -0.4 is 10.6 Å². The summed E-state index contributed by atoms with van der Waals surface area (Å²) in [6.07, 6.45) is -0.193. The number of para-hydroxylation sites is 1. The van der Waals surface area contributed by atoms with Crippen molar-refractivity contribution in [3.8, 4) is 0 Å². The number of ether oxygens (including phenoxy) is 1. The normalized spacial score (nSPS) is 23.2. The highest BCUT2D eigenvalue weighted by atomic mass is 16.5. The summed E-state index contributed by atoms with van der Waals surface area (Å²) in [5.41, 5.74) is 6.64. The number of hydrogen-bond acceptors (Lipinski definition) is 6. The maximum Gasteiger partial charge on any atom is 0.222 e. The molecule has 2 atom stereocenters. The average Bonchev–Trinajstić information content (AvgIpc) is 2.47. The minimum absolute atomic E-state index is 0.00170. The number of benzene rings is 1. The molecular weight excluding hydrogens is 256 g/mol. The van der Waals surface area contributed by atoms with Crippen LogP contribution in [-0.2, 0) is 4.74 Å². The zero-order valence-corrected chi connectivity index (χ0v) is 11.4. The number of hydrogen-bond donors (Lipinski definition) is 2. The fourth-order valence-corrected chi connectivity index (χ4v) is 2.52. The van der Waals surface area contributed by atoms with E-state index in [9.17, 15) is 5.11 Å². The van der Waals surface area contributed by atoms with E-state index in [-0.39, 0.29) is 24.7 Å². The van der Waals surface area contributed by atoms with Crippen molar-refractivity contribution in [3.63, 3.8) is 0 Å². The summed E-state index contributed by atoms with van der Waals surface area (Å²) in [6.45, 7) is 3.23. The number of nitrogen functional groups attached to an aromatic ring is 1. The van der Waals surface area contributed by atoms with Gasteiger partial charge >= 0.3 is 0 Å². The first-order valence-electron chi connectivity index (χ1n) is 6.70. The molecule has 3 N–H and O–H groups in total. The first kappa shape index (κ1) is 13.1. The number of anilines is 2. The van der Waals surface area contributed by atoms with Crippen molar-refractivity contribution in [2.45, 2.75) is 19.1 Å². The molecule has 106 valence electrons. The van der Waals surface area contributed by atoms with Crippen LogP contribution in [-0.4, -0.2) is 47.0 Å². The highest BCUT2D eigenvalue weighted by Crippen LogP contribution is 2.28. The molecule has 2 unspecified atom stereocenters. The second-order valence-electron chi connectivity index (χ2n) is 5.06. The van der Waals surface area contributed by atoms with Crippen molar-refractivity contribution in [1.82, 2.24) is 9.97 Å². The second-order valence-corrected chi connectivity index (χ2v) is 5.06. The van der Waals surface area contributed by atoms with Crippen LogP contribution in [0.3, 0.4) is 0 Å². The predicted molar refractivity (Wildman–Crippen MR) is 77.6 cm³/mol. The van der Waals surface area contributed by atoms with Crippen molar-refractivity contribution in [3.05, 3.63) is 24.3 Å². The highest BCUT2D eigenvalue weighted by molar-refractivity contribution is 5.90. The van der Waals surface area contributed by atoms with Crippen LogP contribution in [0.1, 0.15) is 6.92 Å². The van der Waals surface area contributed by atoms with E-state index < -0.39 is 0 Å². The zero-order chi connectivity index (χ0) is 14.1. The average molecular weight is 274 g/mol. The molecule has 3 rings (SSSR count). The number of fused-ring (bicyclic) bond motifs is 1. The summed E-state index contributed by atoms with van der Waals surface area (Å²) in [7, 11) is 0. The summed E-state index contributed by atoms with van der Waals surface area (Å²) in [5.74, 6) is 1.07. The van der Waals surface area contributed by atoms with Gasteiger partial charge in [-0.25, -0.2) is 4.98 Å². The van der Waals surface area contributed by atoms with Gasteiger partial charge in [0.05, 0.1) is 30.9 Å². The van der Waals surface area contributed by atoms with E-state index in [1.165, 1.54) is 0 Å². The Hall–Kier alpha value is -1.92. The van der Waals surface area contributed by atoms with E-state index in [4.69, 9.17) is 10.5 Å². The van der Waals surface area contributed by atoms with Crippen LogP contribution in [0, 0.1) is 0 Å². The lowest BCUT2D eigenvalue weighted by Crippen LogP contribution is -2.50. The number of aliphatic hydroxyl groups excluding tert-OH is 1. The first-order chi connectivity index (χ1) is 9.69. The van der Waals surface area contributed by atoms with E-state index in [0.29, 0.717) is 13.2 Å². The van der Waals surface area contributed by atoms with Crippen LogP contribution in [0.5, 0.6) is 0 Å². The van der Waals surface area contributed by atoms with Gasteiger partial charge in [-0.1, -0.05) is 12.1 Å². The zero-order valence-electron chi connectivity index (χ0n) is 11.4. The van der Waals surface area contributed by atoms with Crippen LogP contribution in [0.2, 0.25) is 0 Å². The summed E-state index contributed by atoms with van der Waals surface area (Å²) in [6, 6.07) is 7.97. The van der Waals surface area contributed by atoms with Gasteiger partial charge in [0.1, 0.15) is 5.82 Å². The minimum atomic E-state index is -0.193. The van der Waals surface area contributed by atoms with Crippen molar-refractivity contribution in [2.24, 2.45) is 0 Å². The van der Waals surface area contributed by atoms with Gasteiger partial charge in [-0.2, -0.15) is 4.98 Å². The largest absolute Gasteiger partial charge is 0.394 e. The van der Waals surface area contributed by atoms with Gasteiger partial charge in [0, 0.05) is 11.9 Å². The van der Waals surface area contributed by atoms with E-state index in [1.54, 1.807) is 0 Å². The van der Waals surface area contributed by atoms with Crippen molar-refractivity contribution >= 4 is 22.7 Å². The van der Waals surface area contributed by atoms with Crippen LogP contribution in [0.4, 0.5) is 11.8 Å². The Kier molecular flexibility index (Phi) is 3.42. The minimum Gasteiger partial charge on any atom is -0.394 e. The molecule has 0 amide bonds. The molecule has 20 heavy (non-hydrogen) atoms. The van der Waals surface area contributed by atoms with Crippen molar-refractivity contribution < 1.29 is 9.84 Å². The molecule has 0 bridgehead atoms. The number of aliphatic hydroxyl groups is 1. The first-order valence-corrected chi connectivity index (χ1v) is 6.70. The topological polar surface area (TPSA) is 84.5 Å². The Morgan fingerprint density at radius 2 is 2.20 bits per heavy atom. The Bertz CT molecular complexity index is 619. The molecule has 0 aliphatic carbocycles. The molecule has 1 aromatic carbocycles. The predicted octanol–water partition coefficient (Wildman–Crippen LogP) is 0.798. The van der Waals surface area contributed by atoms with Gasteiger partial charge < -0.3 is 20.5 Å². The number of morpholine rings is 1. The molecule has 1 aliphatic rings. The Balaban J connectivity index is 2.08. The van der Waals surface area contributed by atoms with Gasteiger partial charge in [0.15, 0.2) is 0 Å². The molecule has 1 aliphatic heterocycles. The summed E-state index contributed by atoms with van der Waals surface area (Å²) >= 11 is 0. The summed E-state index contributed by atoms with van der Waals surface area (Å²) < 4.78 is 5.57. The molecule has 6 nitrogen and oxygen atoms in total. The Morgan fingerprint density at radius 1 is 1.40 bits per heavy atom. The third-order valence-electron chi connectivity index (χ3n) is 3.58.